The van der Waals surface area contributed by atoms with Gasteiger partial charge in [-0.15, -0.1) is 0 Å². The van der Waals surface area contributed by atoms with Gasteiger partial charge < -0.3 is 4.74 Å². The number of carbonyl (C=O) groups excluding carboxylic acids is 1. The van der Waals surface area contributed by atoms with Gasteiger partial charge in [0.05, 0.1) is 13.0 Å². The molecular formula is C20H18O2. The number of hydrogen-bond donors (Lipinski definition) is 0. The molecule has 0 radical (unpaired) electrons. The van der Waals surface area contributed by atoms with Gasteiger partial charge in [0.1, 0.15) is 5.75 Å². The van der Waals surface area contributed by atoms with E-state index in [0.29, 0.717) is 5.92 Å². The summed E-state index contributed by atoms with van der Waals surface area (Å²) in [4.78, 5) is 13.2. The summed E-state index contributed by atoms with van der Waals surface area (Å²) >= 11 is 0. The van der Waals surface area contributed by atoms with Crippen molar-refractivity contribution >= 4 is 5.78 Å². The Balaban J connectivity index is 1.83. The molecule has 3 aliphatic rings. The molecule has 0 aromatic heterocycles. The third-order valence-corrected chi connectivity index (χ3v) is 6.74. The highest BCUT2D eigenvalue weighted by Gasteiger charge is 2.81. The van der Waals surface area contributed by atoms with E-state index in [2.05, 4.69) is 44.2 Å². The molecule has 2 unspecified atom stereocenters. The van der Waals surface area contributed by atoms with Gasteiger partial charge in [0.15, 0.2) is 5.78 Å². The molecule has 2 aromatic carbocycles. The molecular weight excluding hydrogens is 272 g/mol. The van der Waals surface area contributed by atoms with Crippen molar-refractivity contribution in [1.29, 1.82) is 0 Å². The third-order valence-electron chi connectivity index (χ3n) is 6.74. The van der Waals surface area contributed by atoms with Gasteiger partial charge in [-0.3, -0.25) is 4.79 Å². The topological polar surface area (TPSA) is 26.3 Å². The van der Waals surface area contributed by atoms with Crippen LogP contribution < -0.4 is 4.74 Å². The van der Waals surface area contributed by atoms with E-state index < -0.39 is 0 Å². The number of fused-ring (bicyclic) bond motifs is 6. The SMILES string of the molecule is COc1ccc2c(c1)C(=O)[C@@H]1c3ccccc3C3C2(C)[C@@]31C. The molecule has 2 heteroatoms. The maximum atomic E-state index is 13.2. The van der Waals surface area contributed by atoms with Crippen molar-refractivity contribution in [2.24, 2.45) is 5.41 Å². The van der Waals surface area contributed by atoms with E-state index in [1.54, 1.807) is 7.11 Å². The van der Waals surface area contributed by atoms with Crippen LogP contribution >= 0.6 is 0 Å². The number of rotatable bonds is 1. The molecule has 0 bridgehead atoms. The van der Waals surface area contributed by atoms with Gasteiger partial charge in [-0.2, -0.15) is 0 Å². The molecule has 5 rings (SSSR count). The highest BCUT2D eigenvalue weighted by atomic mass is 16.5. The van der Waals surface area contributed by atoms with Gasteiger partial charge in [0.25, 0.3) is 0 Å². The van der Waals surface area contributed by atoms with Gasteiger partial charge in [0, 0.05) is 16.9 Å². The lowest BCUT2D eigenvalue weighted by Gasteiger charge is -2.35. The molecule has 22 heavy (non-hydrogen) atoms. The Morgan fingerprint density at radius 1 is 1.05 bits per heavy atom. The second kappa shape index (κ2) is 3.45. The van der Waals surface area contributed by atoms with Crippen LogP contribution in [0.25, 0.3) is 0 Å². The Morgan fingerprint density at radius 3 is 2.50 bits per heavy atom. The van der Waals surface area contributed by atoms with E-state index in [4.69, 9.17) is 4.74 Å². The number of ketones is 1. The summed E-state index contributed by atoms with van der Waals surface area (Å²) in [6.45, 7) is 4.63. The van der Waals surface area contributed by atoms with Crippen LogP contribution in [0.1, 0.15) is 52.7 Å². The Morgan fingerprint density at radius 2 is 1.77 bits per heavy atom. The predicted molar refractivity (Wildman–Crippen MR) is 84.7 cm³/mol. The van der Waals surface area contributed by atoms with Gasteiger partial charge in [0.2, 0.25) is 0 Å². The fraction of sp³-hybridized carbons (Fsp3) is 0.350. The van der Waals surface area contributed by atoms with Crippen LogP contribution in [-0.2, 0) is 5.41 Å². The molecule has 1 saturated carbocycles. The van der Waals surface area contributed by atoms with Crippen LogP contribution in [0.5, 0.6) is 5.75 Å². The molecule has 1 fully saturated rings. The molecule has 110 valence electrons. The first-order valence-electron chi connectivity index (χ1n) is 7.86. The minimum Gasteiger partial charge on any atom is -0.497 e. The molecule has 4 atom stereocenters. The molecule has 2 nitrogen and oxygen atoms in total. The van der Waals surface area contributed by atoms with Crippen molar-refractivity contribution in [3.8, 4) is 5.75 Å². The molecule has 2 aromatic rings. The number of carbonyl (C=O) groups is 1. The largest absolute Gasteiger partial charge is 0.497 e. The average molecular weight is 290 g/mol. The van der Waals surface area contributed by atoms with Crippen LogP contribution in [0.2, 0.25) is 0 Å². The first kappa shape index (κ1) is 12.5. The van der Waals surface area contributed by atoms with Crippen LogP contribution in [0.3, 0.4) is 0 Å². The van der Waals surface area contributed by atoms with E-state index in [0.717, 1.165) is 11.3 Å². The molecule has 0 aliphatic heterocycles. The van der Waals surface area contributed by atoms with E-state index >= 15 is 0 Å². The van der Waals surface area contributed by atoms with Crippen LogP contribution in [0, 0.1) is 5.41 Å². The summed E-state index contributed by atoms with van der Waals surface area (Å²) in [5.74, 6) is 1.49. The van der Waals surface area contributed by atoms with Gasteiger partial charge in [-0.05, 0) is 34.2 Å². The van der Waals surface area contributed by atoms with Crippen LogP contribution in [0.15, 0.2) is 42.5 Å². The van der Waals surface area contributed by atoms with Crippen LogP contribution in [-0.4, -0.2) is 12.9 Å². The van der Waals surface area contributed by atoms with Gasteiger partial charge >= 0.3 is 0 Å². The first-order valence-corrected chi connectivity index (χ1v) is 7.86. The summed E-state index contributed by atoms with van der Waals surface area (Å²) in [7, 11) is 1.65. The highest BCUT2D eigenvalue weighted by molar-refractivity contribution is 6.08. The van der Waals surface area contributed by atoms with Gasteiger partial charge in [-0.25, -0.2) is 0 Å². The lowest BCUT2D eigenvalue weighted by Crippen LogP contribution is -2.33. The molecule has 0 amide bonds. The lowest BCUT2D eigenvalue weighted by molar-refractivity contribution is 0.0904. The molecule has 3 aliphatic carbocycles. The standard InChI is InChI=1S/C20H18O2/c1-19-15-9-8-11(22-3)10-14(15)17(21)16-12-6-4-5-7-13(12)18(19)20(16,19)2/h4-10,16,18H,1-3H3/t16-,18?,19?,20+/m0/s1. The summed E-state index contributed by atoms with van der Waals surface area (Å²) in [5.41, 5.74) is 4.80. The first-order chi connectivity index (χ1) is 10.5. The lowest BCUT2D eigenvalue weighted by atomic mass is 9.67. The fourth-order valence-corrected chi connectivity index (χ4v) is 5.61. The molecule has 0 saturated heterocycles. The second-order valence-electron chi connectivity index (χ2n) is 7.26. The zero-order valence-electron chi connectivity index (χ0n) is 13.0. The maximum Gasteiger partial charge on any atom is 0.171 e. The minimum atomic E-state index is -0.00157. The Kier molecular flexibility index (Phi) is 1.95. The van der Waals surface area contributed by atoms with E-state index in [9.17, 15) is 4.79 Å². The van der Waals surface area contributed by atoms with Crippen LogP contribution in [0.4, 0.5) is 0 Å². The molecule has 0 N–H and O–H groups in total. The third kappa shape index (κ3) is 1.02. The summed E-state index contributed by atoms with van der Waals surface area (Å²) < 4.78 is 5.33. The highest BCUT2D eigenvalue weighted by Crippen LogP contribution is 2.85. The number of ether oxygens (including phenoxy) is 1. The summed E-state index contributed by atoms with van der Waals surface area (Å²) in [6.07, 6.45) is 0. The summed E-state index contributed by atoms with van der Waals surface area (Å²) in [6, 6.07) is 14.5. The number of benzene rings is 2. The average Bonchev–Trinajstić information content (AvgIpc) is 2.90. The van der Waals surface area contributed by atoms with Crippen molar-refractivity contribution in [1.82, 2.24) is 0 Å². The molecule has 0 heterocycles. The zero-order chi connectivity index (χ0) is 15.3. The van der Waals surface area contributed by atoms with Crippen molar-refractivity contribution < 1.29 is 9.53 Å². The van der Waals surface area contributed by atoms with Crippen molar-refractivity contribution in [3.63, 3.8) is 0 Å². The van der Waals surface area contributed by atoms with Gasteiger partial charge in [-0.1, -0.05) is 44.2 Å². The molecule has 0 spiro atoms. The normalized spacial score (nSPS) is 36.4. The zero-order valence-corrected chi connectivity index (χ0v) is 13.0. The number of hydrogen-bond acceptors (Lipinski definition) is 2. The van der Waals surface area contributed by atoms with E-state index in [1.807, 2.05) is 12.1 Å². The Hall–Kier alpha value is -2.09. The van der Waals surface area contributed by atoms with E-state index in [-0.39, 0.29) is 22.5 Å². The Bertz CT molecular complexity index is 853. The maximum absolute atomic E-state index is 13.2. The smallest absolute Gasteiger partial charge is 0.171 e. The monoisotopic (exact) mass is 290 g/mol. The number of methoxy groups -OCH3 is 1. The van der Waals surface area contributed by atoms with E-state index in [1.165, 1.54) is 16.7 Å². The second-order valence-corrected chi connectivity index (χ2v) is 7.26. The minimum absolute atomic E-state index is 0.00157. The van der Waals surface area contributed by atoms with Crippen molar-refractivity contribution in [3.05, 3.63) is 64.7 Å². The predicted octanol–water partition coefficient (Wildman–Crippen LogP) is 4.05. The number of Topliss-reactive ketones (excluding diaryl/α,β-unsaturated/α-hetero) is 1. The quantitative estimate of drug-likeness (QED) is 0.792. The van der Waals surface area contributed by atoms with Crippen molar-refractivity contribution in [2.75, 3.05) is 7.11 Å². The van der Waals surface area contributed by atoms with Crippen molar-refractivity contribution in [2.45, 2.75) is 31.1 Å². The summed E-state index contributed by atoms with van der Waals surface area (Å²) in [5, 5.41) is 0. The fourth-order valence-electron chi connectivity index (χ4n) is 5.61. The Labute approximate surface area is 130 Å².